The molecule has 2 nitrogen and oxygen atoms in total. The van der Waals surface area contributed by atoms with E-state index in [-0.39, 0.29) is 0 Å². The number of fused-ring (bicyclic) bond motifs is 1. The third kappa shape index (κ3) is 3.04. The predicted molar refractivity (Wildman–Crippen MR) is 86.1 cm³/mol. The van der Waals surface area contributed by atoms with Crippen LogP contribution in [0.2, 0.25) is 0 Å². The lowest BCUT2D eigenvalue weighted by atomic mass is 9.78. The summed E-state index contributed by atoms with van der Waals surface area (Å²) in [5.74, 6) is 3.45. The highest BCUT2D eigenvalue weighted by Gasteiger charge is 2.27. The number of methoxy groups -OCH3 is 1. The molecule has 1 saturated carbocycles. The molecule has 0 bridgehead atoms. The SMILES string of the molecule is COc1cc2c(cc1O)CCCC2CCC1CCCC1C. The maximum absolute atomic E-state index is 9.97. The van der Waals surface area contributed by atoms with Gasteiger partial charge in [-0.3, -0.25) is 0 Å². The van der Waals surface area contributed by atoms with Gasteiger partial charge in [-0.1, -0.05) is 26.2 Å². The molecule has 0 spiro atoms. The predicted octanol–water partition coefficient (Wildman–Crippen LogP) is 5.04. The highest BCUT2D eigenvalue weighted by atomic mass is 16.5. The molecule has 0 amide bonds. The van der Waals surface area contributed by atoms with Crippen molar-refractivity contribution in [3.8, 4) is 11.5 Å². The summed E-state index contributed by atoms with van der Waals surface area (Å²) in [6, 6.07) is 4.02. The van der Waals surface area contributed by atoms with Crippen molar-refractivity contribution in [1.29, 1.82) is 0 Å². The van der Waals surface area contributed by atoms with Gasteiger partial charge in [-0.2, -0.15) is 0 Å². The zero-order valence-electron chi connectivity index (χ0n) is 13.4. The Morgan fingerprint density at radius 3 is 2.71 bits per heavy atom. The van der Waals surface area contributed by atoms with E-state index in [0.29, 0.717) is 17.4 Å². The van der Waals surface area contributed by atoms with E-state index in [9.17, 15) is 5.11 Å². The van der Waals surface area contributed by atoms with Gasteiger partial charge in [-0.15, -0.1) is 0 Å². The number of phenolic OH excluding ortho intramolecular Hbond substituents is 1. The second-order valence-corrected chi connectivity index (χ2v) is 7.06. The minimum atomic E-state index is 0.293. The van der Waals surface area contributed by atoms with Crippen molar-refractivity contribution < 1.29 is 9.84 Å². The molecular weight excluding hydrogens is 260 g/mol. The van der Waals surface area contributed by atoms with Gasteiger partial charge in [0.25, 0.3) is 0 Å². The Balaban J connectivity index is 1.73. The fourth-order valence-electron chi connectivity index (χ4n) is 4.45. The molecule has 2 aliphatic rings. The molecule has 21 heavy (non-hydrogen) atoms. The third-order valence-electron chi connectivity index (χ3n) is 5.80. The first-order valence-electron chi connectivity index (χ1n) is 8.58. The number of aromatic hydroxyl groups is 1. The van der Waals surface area contributed by atoms with Crippen molar-refractivity contribution in [2.24, 2.45) is 11.8 Å². The molecule has 0 heterocycles. The van der Waals surface area contributed by atoms with Crippen LogP contribution in [0.3, 0.4) is 0 Å². The quantitative estimate of drug-likeness (QED) is 0.841. The summed E-state index contributed by atoms with van der Waals surface area (Å²) in [6.45, 7) is 2.42. The molecule has 2 aliphatic carbocycles. The molecule has 3 unspecified atom stereocenters. The Hall–Kier alpha value is -1.18. The van der Waals surface area contributed by atoms with E-state index < -0.39 is 0 Å². The van der Waals surface area contributed by atoms with Crippen molar-refractivity contribution in [2.45, 2.75) is 64.2 Å². The number of benzene rings is 1. The van der Waals surface area contributed by atoms with Crippen LogP contribution in [0.25, 0.3) is 0 Å². The number of hydrogen-bond acceptors (Lipinski definition) is 2. The van der Waals surface area contributed by atoms with Crippen molar-refractivity contribution in [3.63, 3.8) is 0 Å². The number of ether oxygens (including phenoxy) is 1. The average molecular weight is 288 g/mol. The number of phenols is 1. The van der Waals surface area contributed by atoms with Crippen molar-refractivity contribution in [3.05, 3.63) is 23.3 Å². The summed E-state index contributed by atoms with van der Waals surface area (Å²) in [5, 5.41) is 9.97. The van der Waals surface area contributed by atoms with Crippen molar-refractivity contribution in [1.82, 2.24) is 0 Å². The van der Waals surface area contributed by atoms with Gasteiger partial charge in [0.05, 0.1) is 7.11 Å². The second-order valence-electron chi connectivity index (χ2n) is 7.06. The van der Waals surface area contributed by atoms with E-state index in [1.165, 1.54) is 56.1 Å². The topological polar surface area (TPSA) is 29.5 Å². The Labute approximate surface area is 128 Å². The maximum Gasteiger partial charge on any atom is 0.160 e. The summed E-state index contributed by atoms with van der Waals surface area (Å²) in [5.41, 5.74) is 2.77. The van der Waals surface area contributed by atoms with Crippen LogP contribution in [-0.4, -0.2) is 12.2 Å². The van der Waals surface area contributed by atoms with Gasteiger partial charge in [0, 0.05) is 0 Å². The minimum Gasteiger partial charge on any atom is -0.504 e. The van der Waals surface area contributed by atoms with Gasteiger partial charge in [0.1, 0.15) is 0 Å². The third-order valence-corrected chi connectivity index (χ3v) is 5.80. The lowest BCUT2D eigenvalue weighted by Gasteiger charge is -2.28. The summed E-state index contributed by atoms with van der Waals surface area (Å²) >= 11 is 0. The molecule has 3 rings (SSSR count). The van der Waals surface area contributed by atoms with Crippen molar-refractivity contribution >= 4 is 0 Å². The zero-order chi connectivity index (χ0) is 14.8. The number of rotatable bonds is 4. The van der Waals surface area contributed by atoms with E-state index in [2.05, 4.69) is 13.0 Å². The van der Waals surface area contributed by atoms with Gasteiger partial charge in [0.15, 0.2) is 11.5 Å². The van der Waals surface area contributed by atoms with E-state index in [4.69, 9.17) is 4.74 Å². The normalized spacial score (nSPS) is 28.4. The monoisotopic (exact) mass is 288 g/mol. The molecule has 2 heteroatoms. The van der Waals surface area contributed by atoms with Crippen LogP contribution in [0.15, 0.2) is 12.1 Å². The van der Waals surface area contributed by atoms with Gasteiger partial charge in [0.2, 0.25) is 0 Å². The Bertz CT molecular complexity index is 495. The molecule has 116 valence electrons. The summed E-state index contributed by atoms with van der Waals surface area (Å²) < 4.78 is 5.30. The molecule has 0 aliphatic heterocycles. The van der Waals surface area contributed by atoms with Gasteiger partial charge >= 0.3 is 0 Å². The van der Waals surface area contributed by atoms with E-state index in [1.807, 2.05) is 6.07 Å². The highest BCUT2D eigenvalue weighted by molar-refractivity contribution is 5.48. The minimum absolute atomic E-state index is 0.293. The number of aryl methyl sites for hydroxylation is 1. The van der Waals surface area contributed by atoms with Gasteiger partial charge in [-0.05, 0) is 73.1 Å². The average Bonchev–Trinajstić information content (AvgIpc) is 2.89. The zero-order valence-corrected chi connectivity index (χ0v) is 13.4. The smallest absolute Gasteiger partial charge is 0.160 e. The molecule has 0 saturated heterocycles. The van der Waals surface area contributed by atoms with Crippen LogP contribution in [0.1, 0.15) is 68.9 Å². The van der Waals surface area contributed by atoms with Crippen LogP contribution < -0.4 is 4.74 Å². The molecule has 1 fully saturated rings. The molecule has 1 aromatic rings. The first-order chi connectivity index (χ1) is 10.2. The fourth-order valence-corrected chi connectivity index (χ4v) is 4.45. The van der Waals surface area contributed by atoms with Crippen molar-refractivity contribution in [2.75, 3.05) is 7.11 Å². The van der Waals surface area contributed by atoms with Crippen LogP contribution in [0, 0.1) is 11.8 Å². The Kier molecular flexibility index (Phi) is 4.42. The first-order valence-corrected chi connectivity index (χ1v) is 8.58. The molecule has 0 aromatic heterocycles. The second kappa shape index (κ2) is 6.29. The van der Waals surface area contributed by atoms with Gasteiger partial charge in [-0.25, -0.2) is 0 Å². The van der Waals surface area contributed by atoms with E-state index in [0.717, 1.165) is 18.3 Å². The van der Waals surface area contributed by atoms with E-state index >= 15 is 0 Å². The van der Waals surface area contributed by atoms with Gasteiger partial charge < -0.3 is 9.84 Å². The fraction of sp³-hybridized carbons (Fsp3) is 0.684. The largest absolute Gasteiger partial charge is 0.504 e. The van der Waals surface area contributed by atoms with E-state index in [1.54, 1.807) is 7.11 Å². The lowest BCUT2D eigenvalue weighted by Crippen LogP contribution is -2.13. The highest BCUT2D eigenvalue weighted by Crippen LogP contribution is 2.43. The first kappa shape index (κ1) is 14.7. The molecule has 1 aromatic carbocycles. The molecular formula is C19H28O2. The summed E-state index contributed by atoms with van der Waals surface area (Å²) in [6.07, 6.45) is 10.6. The Morgan fingerprint density at radius 2 is 2.00 bits per heavy atom. The Morgan fingerprint density at radius 1 is 1.14 bits per heavy atom. The molecule has 0 radical (unpaired) electrons. The summed E-state index contributed by atoms with van der Waals surface area (Å²) in [4.78, 5) is 0. The molecule has 3 atom stereocenters. The standard InChI is InChI=1S/C19H28O2/c1-13-5-3-6-14(13)9-10-15-7-4-8-16-11-18(20)19(21-2)12-17(15)16/h11-15,20H,3-10H2,1-2H3. The molecule has 1 N–H and O–H groups in total. The summed E-state index contributed by atoms with van der Waals surface area (Å²) in [7, 11) is 1.64. The maximum atomic E-state index is 9.97. The van der Waals surface area contributed by atoms with Crippen LogP contribution >= 0.6 is 0 Å². The van der Waals surface area contributed by atoms with Crippen LogP contribution in [0.4, 0.5) is 0 Å². The number of hydrogen-bond donors (Lipinski definition) is 1. The lowest BCUT2D eigenvalue weighted by molar-refractivity contribution is 0.352. The van der Waals surface area contributed by atoms with Crippen LogP contribution in [0.5, 0.6) is 11.5 Å². The van der Waals surface area contributed by atoms with Crippen LogP contribution in [-0.2, 0) is 6.42 Å².